The first-order valence-corrected chi connectivity index (χ1v) is 6.35. The van der Waals surface area contributed by atoms with E-state index in [1.54, 1.807) is 16.3 Å². The van der Waals surface area contributed by atoms with Crippen molar-refractivity contribution in [1.82, 2.24) is 19.2 Å². The van der Waals surface area contributed by atoms with Crippen LogP contribution >= 0.6 is 0 Å². The second kappa shape index (κ2) is 6.36. The zero-order valence-electron chi connectivity index (χ0n) is 11.3. The van der Waals surface area contributed by atoms with E-state index in [9.17, 15) is 4.79 Å². The van der Waals surface area contributed by atoms with Crippen LogP contribution in [-0.4, -0.2) is 61.7 Å². The maximum absolute atomic E-state index is 12.5. The molecule has 0 aromatic carbocycles. The van der Waals surface area contributed by atoms with Crippen molar-refractivity contribution in [3.8, 4) is 5.82 Å². The van der Waals surface area contributed by atoms with Gasteiger partial charge in [-0.1, -0.05) is 0 Å². The molecule has 2 N–H and O–H groups in total. The molecule has 0 radical (unpaired) electrons. The maximum atomic E-state index is 12.5. The third-order valence-electron chi connectivity index (χ3n) is 3.01. The highest BCUT2D eigenvalue weighted by atomic mass is 16.3. The van der Waals surface area contributed by atoms with E-state index in [-0.39, 0.29) is 32.2 Å². The number of hydrogen-bond donors (Lipinski definition) is 2. The molecule has 2 aromatic heterocycles. The van der Waals surface area contributed by atoms with Crippen LogP contribution in [0.4, 0.5) is 0 Å². The highest BCUT2D eigenvalue weighted by Crippen LogP contribution is 2.16. The first-order valence-electron chi connectivity index (χ1n) is 6.35. The van der Waals surface area contributed by atoms with Crippen molar-refractivity contribution < 1.29 is 15.0 Å². The Hall–Kier alpha value is -2.12. The van der Waals surface area contributed by atoms with Gasteiger partial charge in [-0.05, 0) is 12.1 Å². The van der Waals surface area contributed by atoms with Gasteiger partial charge in [0, 0.05) is 32.5 Å². The quantitative estimate of drug-likeness (QED) is 0.755. The van der Waals surface area contributed by atoms with Gasteiger partial charge in [-0.3, -0.25) is 9.48 Å². The maximum Gasteiger partial charge on any atom is 0.259 e. The van der Waals surface area contributed by atoms with Gasteiger partial charge in [-0.2, -0.15) is 5.10 Å². The van der Waals surface area contributed by atoms with Crippen LogP contribution in [0.2, 0.25) is 0 Å². The predicted octanol–water partition coefficient (Wildman–Crippen LogP) is -0.362. The minimum Gasteiger partial charge on any atom is -0.395 e. The molecule has 0 unspecified atom stereocenters. The number of carbonyl (C=O) groups is 1. The third-order valence-corrected chi connectivity index (χ3v) is 3.01. The molecule has 0 saturated heterocycles. The van der Waals surface area contributed by atoms with Crippen molar-refractivity contribution in [1.29, 1.82) is 0 Å². The van der Waals surface area contributed by atoms with Crippen molar-refractivity contribution >= 4 is 5.91 Å². The lowest BCUT2D eigenvalue weighted by molar-refractivity contribution is 0.0684. The first kappa shape index (κ1) is 14.3. The van der Waals surface area contributed by atoms with Crippen molar-refractivity contribution in [3.63, 3.8) is 0 Å². The largest absolute Gasteiger partial charge is 0.395 e. The number of hydrogen-bond acceptors (Lipinski definition) is 4. The summed E-state index contributed by atoms with van der Waals surface area (Å²) in [6, 6.07) is 3.72. The van der Waals surface area contributed by atoms with Gasteiger partial charge < -0.3 is 19.7 Å². The number of aromatic nitrogens is 3. The fourth-order valence-electron chi connectivity index (χ4n) is 2.09. The SMILES string of the molecule is Cn1ncc(C(=O)N(CCO)CCO)c1-n1cccc1. The summed E-state index contributed by atoms with van der Waals surface area (Å²) in [5, 5.41) is 22.2. The molecule has 2 aromatic rings. The van der Waals surface area contributed by atoms with Crippen LogP contribution in [0.5, 0.6) is 0 Å². The van der Waals surface area contributed by atoms with Crippen LogP contribution in [0.1, 0.15) is 10.4 Å². The number of aliphatic hydroxyl groups excluding tert-OH is 2. The molecule has 1 amide bonds. The van der Waals surface area contributed by atoms with Crippen molar-refractivity contribution in [3.05, 3.63) is 36.3 Å². The molecule has 0 fully saturated rings. The standard InChI is InChI=1S/C13H18N4O3/c1-15-12(16-4-2-3-5-16)11(10-14-15)13(20)17(6-8-18)7-9-19/h2-5,10,18-19H,6-9H2,1H3. The molecule has 0 aliphatic rings. The minimum atomic E-state index is -0.259. The highest BCUT2D eigenvalue weighted by molar-refractivity contribution is 5.97. The van der Waals surface area contributed by atoms with Crippen LogP contribution in [-0.2, 0) is 7.05 Å². The lowest BCUT2D eigenvalue weighted by Crippen LogP contribution is -2.36. The highest BCUT2D eigenvalue weighted by Gasteiger charge is 2.22. The number of rotatable bonds is 6. The van der Waals surface area contributed by atoms with Gasteiger partial charge in [-0.15, -0.1) is 0 Å². The zero-order valence-corrected chi connectivity index (χ0v) is 11.3. The number of aryl methyl sites for hydroxylation is 1. The van der Waals surface area contributed by atoms with Crippen LogP contribution in [0.3, 0.4) is 0 Å². The van der Waals surface area contributed by atoms with E-state index in [0.29, 0.717) is 11.4 Å². The molecule has 0 spiro atoms. The van der Waals surface area contributed by atoms with Gasteiger partial charge in [0.05, 0.1) is 19.4 Å². The van der Waals surface area contributed by atoms with Crippen molar-refractivity contribution in [2.75, 3.05) is 26.3 Å². The van der Waals surface area contributed by atoms with Gasteiger partial charge in [0.1, 0.15) is 11.4 Å². The molecule has 108 valence electrons. The second-order valence-corrected chi connectivity index (χ2v) is 4.34. The average Bonchev–Trinajstić information content (AvgIpc) is 3.06. The monoisotopic (exact) mass is 278 g/mol. The van der Waals surface area contributed by atoms with Gasteiger partial charge in [0.15, 0.2) is 0 Å². The Morgan fingerprint density at radius 3 is 2.40 bits per heavy atom. The van der Waals surface area contributed by atoms with E-state index in [1.165, 1.54) is 11.1 Å². The second-order valence-electron chi connectivity index (χ2n) is 4.34. The number of nitrogens with zero attached hydrogens (tertiary/aromatic N) is 4. The van der Waals surface area contributed by atoms with Crippen LogP contribution in [0.25, 0.3) is 5.82 Å². The Labute approximate surface area is 116 Å². The summed E-state index contributed by atoms with van der Waals surface area (Å²) in [5.41, 5.74) is 0.436. The predicted molar refractivity (Wildman–Crippen MR) is 72.6 cm³/mol. The Morgan fingerprint density at radius 1 is 1.25 bits per heavy atom. The Bertz CT molecular complexity index is 556. The van der Waals surface area contributed by atoms with Crippen molar-refractivity contribution in [2.45, 2.75) is 0 Å². The van der Waals surface area contributed by atoms with Crippen LogP contribution in [0.15, 0.2) is 30.7 Å². The fourth-order valence-corrected chi connectivity index (χ4v) is 2.09. The third kappa shape index (κ3) is 2.73. The Balaban J connectivity index is 2.35. The molecule has 0 saturated carbocycles. The first-order chi connectivity index (χ1) is 9.69. The molecule has 0 aliphatic heterocycles. The normalized spacial score (nSPS) is 10.8. The lowest BCUT2D eigenvalue weighted by Gasteiger charge is -2.20. The summed E-state index contributed by atoms with van der Waals surface area (Å²) in [6.07, 6.45) is 5.16. The summed E-state index contributed by atoms with van der Waals surface area (Å²) in [5.74, 6) is 0.394. The molecule has 2 heterocycles. The molecule has 2 rings (SSSR count). The average molecular weight is 278 g/mol. The van der Waals surface area contributed by atoms with Gasteiger partial charge in [0.25, 0.3) is 5.91 Å². The minimum absolute atomic E-state index is 0.148. The van der Waals surface area contributed by atoms with E-state index in [0.717, 1.165) is 0 Å². The molecular weight excluding hydrogens is 260 g/mol. The summed E-state index contributed by atoms with van der Waals surface area (Å²) in [7, 11) is 1.76. The summed E-state index contributed by atoms with van der Waals surface area (Å²) in [4.78, 5) is 13.9. The Morgan fingerprint density at radius 2 is 1.85 bits per heavy atom. The molecule has 7 heteroatoms. The number of amides is 1. The zero-order chi connectivity index (χ0) is 14.5. The smallest absolute Gasteiger partial charge is 0.259 e. The van der Waals surface area contributed by atoms with E-state index >= 15 is 0 Å². The molecular formula is C13H18N4O3. The number of aliphatic hydroxyl groups is 2. The molecule has 20 heavy (non-hydrogen) atoms. The Kier molecular flexibility index (Phi) is 4.54. The molecule has 0 bridgehead atoms. The summed E-state index contributed by atoms with van der Waals surface area (Å²) < 4.78 is 3.42. The van der Waals surface area contributed by atoms with E-state index in [4.69, 9.17) is 10.2 Å². The number of carbonyl (C=O) groups excluding carboxylic acids is 1. The summed E-state index contributed by atoms with van der Waals surface area (Å²) in [6.45, 7) is 0.0640. The summed E-state index contributed by atoms with van der Waals surface area (Å²) >= 11 is 0. The molecule has 7 nitrogen and oxygen atoms in total. The fraction of sp³-hybridized carbons (Fsp3) is 0.385. The van der Waals surface area contributed by atoms with Gasteiger partial charge in [0.2, 0.25) is 0 Å². The molecule has 0 aliphatic carbocycles. The van der Waals surface area contributed by atoms with Gasteiger partial charge in [-0.25, -0.2) is 0 Å². The van der Waals surface area contributed by atoms with Crippen molar-refractivity contribution in [2.24, 2.45) is 7.05 Å². The topological polar surface area (TPSA) is 83.5 Å². The van der Waals surface area contributed by atoms with Crippen LogP contribution < -0.4 is 0 Å². The van der Waals surface area contributed by atoms with Gasteiger partial charge >= 0.3 is 0 Å². The van der Waals surface area contributed by atoms with E-state index in [2.05, 4.69) is 5.10 Å². The lowest BCUT2D eigenvalue weighted by atomic mass is 10.2. The molecule has 0 atom stereocenters. The van der Waals surface area contributed by atoms with E-state index < -0.39 is 0 Å². The van der Waals surface area contributed by atoms with E-state index in [1.807, 2.05) is 24.5 Å². The van der Waals surface area contributed by atoms with Crippen LogP contribution in [0, 0.1) is 0 Å².